The molecule has 0 aliphatic rings. The van der Waals surface area contributed by atoms with Crippen LogP contribution in [0, 0.1) is 0 Å². The van der Waals surface area contributed by atoms with E-state index >= 15 is 0 Å². The predicted molar refractivity (Wildman–Crippen MR) is 44.2 cm³/mol. The quantitative estimate of drug-likeness (QED) is 0.436. The molecule has 0 unspecified atom stereocenters. The SMILES string of the molecule is CCC/C=C/N=C(/C)OC. The molecule has 0 rings (SSSR count). The standard InChI is InChI=1S/C8H15NO/c1-4-5-6-7-9-8(2)10-3/h6-7H,4-5H2,1-3H3/b7-6+,9-8-. The Morgan fingerprint density at radius 1 is 1.60 bits per heavy atom. The number of nitrogens with zero attached hydrogens (tertiary/aromatic N) is 1. The van der Waals surface area contributed by atoms with E-state index in [1.54, 1.807) is 13.3 Å². The number of methoxy groups -OCH3 is 1. The van der Waals surface area contributed by atoms with Gasteiger partial charge in [-0.05, 0) is 6.42 Å². The highest BCUT2D eigenvalue weighted by molar-refractivity contribution is 5.73. The van der Waals surface area contributed by atoms with E-state index < -0.39 is 0 Å². The lowest BCUT2D eigenvalue weighted by Gasteiger charge is -1.92. The van der Waals surface area contributed by atoms with E-state index in [4.69, 9.17) is 4.74 Å². The highest BCUT2D eigenvalue weighted by atomic mass is 16.5. The zero-order chi connectivity index (χ0) is 7.82. The summed E-state index contributed by atoms with van der Waals surface area (Å²) in [5, 5.41) is 0. The second kappa shape index (κ2) is 6.33. The average molecular weight is 141 g/mol. The maximum atomic E-state index is 4.83. The van der Waals surface area contributed by atoms with Crippen molar-refractivity contribution in [3.05, 3.63) is 12.3 Å². The van der Waals surface area contributed by atoms with E-state index in [2.05, 4.69) is 11.9 Å². The van der Waals surface area contributed by atoms with E-state index in [9.17, 15) is 0 Å². The molecule has 0 aliphatic carbocycles. The predicted octanol–water partition coefficient (Wildman–Crippen LogP) is 2.37. The van der Waals surface area contributed by atoms with Crippen LogP contribution >= 0.6 is 0 Å². The van der Waals surface area contributed by atoms with Crippen molar-refractivity contribution in [3.63, 3.8) is 0 Å². The van der Waals surface area contributed by atoms with Crippen molar-refractivity contribution >= 4 is 5.90 Å². The Bertz CT molecular complexity index is 127. The van der Waals surface area contributed by atoms with Crippen LogP contribution in [-0.4, -0.2) is 13.0 Å². The van der Waals surface area contributed by atoms with Gasteiger partial charge in [0.2, 0.25) is 0 Å². The van der Waals surface area contributed by atoms with E-state index in [0.717, 1.165) is 12.8 Å². The smallest absolute Gasteiger partial charge is 0.184 e. The molecule has 0 saturated heterocycles. The normalized spacial score (nSPS) is 12.5. The third kappa shape index (κ3) is 5.35. The number of hydrogen-bond acceptors (Lipinski definition) is 2. The van der Waals surface area contributed by atoms with Gasteiger partial charge in [0.15, 0.2) is 5.90 Å². The molecule has 0 aliphatic heterocycles. The van der Waals surface area contributed by atoms with Gasteiger partial charge in [-0.3, -0.25) is 0 Å². The molecule has 0 amide bonds. The Morgan fingerprint density at radius 3 is 2.80 bits per heavy atom. The molecule has 0 spiro atoms. The van der Waals surface area contributed by atoms with Gasteiger partial charge in [-0.1, -0.05) is 19.4 Å². The minimum absolute atomic E-state index is 0.701. The van der Waals surface area contributed by atoms with Gasteiger partial charge in [-0.15, -0.1) is 0 Å². The number of ether oxygens (including phenoxy) is 1. The van der Waals surface area contributed by atoms with Crippen LogP contribution in [-0.2, 0) is 4.74 Å². The van der Waals surface area contributed by atoms with Crippen LogP contribution in [0.2, 0.25) is 0 Å². The van der Waals surface area contributed by atoms with Crippen LogP contribution < -0.4 is 0 Å². The van der Waals surface area contributed by atoms with Crippen LogP contribution in [0.5, 0.6) is 0 Å². The molecule has 0 N–H and O–H groups in total. The minimum Gasteiger partial charge on any atom is -0.484 e. The summed E-state index contributed by atoms with van der Waals surface area (Å²) in [6.45, 7) is 3.97. The lowest BCUT2D eigenvalue weighted by molar-refractivity contribution is 0.400. The van der Waals surface area contributed by atoms with Crippen molar-refractivity contribution < 1.29 is 4.74 Å². The monoisotopic (exact) mass is 141 g/mol. The Morgan fingerprint density at radius 2 is 2.30 bits per heavy atom. The molecule has 0 aromatic carbocycles. The van der Waals surface area contributed by atoms with Crippen LogP contribution in [0.3, 0.4) is 0 Å². The molecule has 2 heteroatoms. The fraction of sp³-hybridized carbons (Fsp3) is 0.625. The largest absolute Gasteiger partial charge is 0.484 e. The van der Waals surface area contributed by atoms with Gasteiger partial charge < -0.3 is 4.74 Å². The van der Waals surface area contributed by atoms with Crippen molar-refractivity contribution in [1.82, 2.24) is 0 Å². The molecule has 10 heavy (non-hydrogen) atoms. The zero-order valence-corrected chi connectivity index (χ0v) is 6.92. The summed E-state index contributed by atoms with van der Waals surface area (Å²) < 4.78 is 4.83. The number of hydrogen-bond donors (Lipinski definition) is 0. The molecule has 58 valence electrons. The first-order valence-electron chi connectivity index (χ1n) is 3.54. The maximum absolute atomic E-state index is 4.83. The van der Waals surface area contributed by atoms with Gasteiger partial charge in [0.1, 0.15) is 0 Å². The summed E-state index contributed by atoms with van der Waals surface area (Å²) in [6, 6.07) is 0. The number of rotatable bonds is 3. The van der Waals surface area contributed by atoms with Crippen LogP contribution in [0.25, 0.3) is 0 Å². The number of aliphatic imine (C=N–C) groups is 1. The Balaban J connectivity index is 3.49. The van der Waals surface area contributed by atoms with Gasteiger partial charge in [0.25, 0.3) is 0 Å². The second-order valence-electron chi connectivity index (χ2n) is 2.03. The first kappa shape index (κ1) is 9.21. The van der Waals surface area contributed by atoms with Gasteiger partial charge >= 0.3 is 0 Å². The lowest BCUT2D eigenvalue weighted by Crippen LogP contribution is -1.90. The molecule has 0 fully saturated rings. The van der Waals surface area contributed by atoms with Gasteiger partial charge in [0.05, 0.1) is 7.11 Å². The third-order valence-corrected chi connectivity index (χ3v) is 1.11. The van der Waals surface area contributed by atoms with Crippen LogP contribution in [0.15, 0.2) is 17.3 Å². The van der Waals surface area contributed by atoms with Gasteiger partial charge in [-0.2, -0.15) is 0 Å². The van der Waals surface area contributed by atoms with Crippen molar-refractivity contribution in [2.24, 2.45) is 4.99 Å². The average Bonchev–Trinajstić information content (AvgIpc) is 1.98. The van der Waals surface area contributed by atoms with Crippen molar-refractivity contribution in [2.45, 2.75) is 26.7 Å². The van der Waals surface area contributed by atoms with E-state index in [1.807, 2.05) is 13.0 Å². The molecule has 0 aromatic rings. The van der Waals surface area contributed by atoms with E-state index in [1.165, 1.54) is 0 Å². The summed E-state index contributed by atoms with van der Waals surface area (Å²) in [5.74, 6) is 0.701. The molecule has 0 heterocycles. The molecule has 2 nitrogen and oxygen atoms in total. The number of allylic oxidation sites excluding steroid dienone is 1. The van der Waals surface area contributed by atoms with Crippen LogP contribution in [0.1, 0.15) is 26.7 Å². The third-order valence-electron chi connectivity index (χ3n) is 1.11. The summed E-state index contributed by atoms with van der Waals surface area (Å²) in [7, 11) is 1.62. The first-order chi connectivity index (χ1) is 4.81. The molecule has 0 radical (unpaired) electrons. The highest BCUT2D eigenvalue weighted by Crippen LogP contribution is 1.89. The Kier molecular flexibility index (Phi) is 5.83. The molecule has 0 bridgehead atoms. The Hall–Kier alpha value is -0.790. The summed E-state index contributed by atoms with van der Waals surface area (Å²) in [4.78, 5) is 3.99. The molecular formula is C8H15NO. The highest BCUT2D eigenvalue weighted by Gasteiger charge is 1.78. The van der Waals surface area contributed by atoms with Gasteiger partial charge in [-0.25, -0.2) is 4.99 Å². The Labute approximate surface area is 62.6 Å². The fourth-order valence-electron chi connectivity index (χ4n) is 0.452. The molecule has 0 aromatic heterocycles. The minimum atomic E-state index is 0.701. The zero-order valence-electron chi connectivity index (χ0n) is 6.92. The molecule has 0 atom stereocenters. The summed E-state index contributed by atoms with van der Waals surface area (Å²) >= 11 is 0. The van der Waals surface area contributed by atoms with Gasteiger partial charge in [0, 0.05) is 13.1 Å². The van der Waals surface area contributed by atoms with Crippen molar-refractivity contribution in [1.29, 1.82) is 0 Å². The summed E-state index contributed by atoms with van der Waals surface area (Å²) in [5.41, 5.74) is 0. The molecule has 0 saturated carbocycles. The van der Waals surface area contributed by atoms with Crippen molar-refractivity contribution in [3.8, 4) is 0 Å². The topological polar surface area (TPSA) is 21.6 Å². The van der Waals surface area contributed by atoms with E-state index in [-0.39, 0.29) is 0 Å². The van der Waals surface area contributed by atoms with Crippen molar-refractivity contribution in [2.75, 3.05) is 7.11 Å². The first-order valence-corrected chi connectivity index (χ1v) is 3.54. The molecular weight excluding hydrogens is 126 g/mol. The van der Waals surface area contributed by atoms with E-state index in [0.29, 0.717) is 5.90 Å². The fourth-order valence-corrected chi connectivity index (χ4v) is 0.452. The lowest BCUT2D eigenvalue weighted by atomic mass is 10.3. The summed E-state index contributed by atoms with van der Waals surface area (Å²) in [6.07, 6.45) is 6.06. The number of unbranched alkanes of at least 4 members (excludes halogenated alkanes) is 1. The maximum Gasteiger partial charge on any atom is 0.184 e. The second-order valence-corrected chi connectivity index (χ2v) is 2.03. The van der Waals surface area contributed by atoms with Crippen LogP contribution in [0.4, 0.5) is 0 Å².